The molecule has 1 aromatic rings. The monoisotopic (exact) mass is 250 g/mol. The first-order valence-electron chi connectivity index (χ1n) is 5.79. The van der Waals surface area contributed by atoms with Crippen molar-refractivity contribution in [2.45, 2.75) is 20.3 Å². The minimum Gasteiger partial charge on any atom is -0.364 e. The molecule has 1 rings (SSSR count). The van der Waals surface area contributed by atoms with E-state index in [0.717, 1.165) is 6.42 Å². The van der Waals surface area contributed by atoms with Gasteiger partial charge in [0, 0.05) is 13.6 Å². The molecule has 6 heteroatoms. The molecule has 0 unspecified atom stereocenters. The maximum absolute atomic E-state index is 11.9. The normalized spacial score (nSPS) is 10.4. The summed E-state index contributed by atoms with van der Waals surface area (Å²) in [5.41, 5.74) is 5.31. The van der Waals surface area contributed by atoms with E-state index < -0.39 is 5.91 Å². The Morgan fingerprint density at radius 2 is 1.83 bits per heavy atom. The van der Waals surface area contributed by atoms with Crippen LogP contribution >= 0.6 is 0 Å². The van der Waals surface area contributed by atoms with Gasteiger partial charge in [-0.2, -0.15) is 0 Å². The maximum Gasteiger partial charge on any atom is 0.273 e. The van der Waals surface area contributed by atoms with Gasteiger partial charge in [0.2, 0.25) is 0 Å². The van der Waals surface area contributed by atoms with Crippen LogP contribution in [-0.4, -0.2) is 40.3 Å². The highest BCUT2D eigenvalue weighted by atomic mass is 16.2. The summed E-state index contributed by atoms with van der Waals surface area (Å²) in [6.07, 6.45) is 3.41. The molecule has 0 spiro atoms. The molecule has 0 fully saturated rings. The zero-order valence-corrected chi connectivity index (χ0v) is 10.9. The average molecular weight is 250 g/mol. The van der Waals surface area contributed by atoms with Crippen LogP contribution in [0, 0.1) is 5.92 Å². The molecule has 0 bridgehead atoms. The zero-order chi connectivity index (χ0) is 13.7. The number of primary amides is 1. The van der Waals surface area contributed by atoms with Crippen LogP contribution in [0.3, 0.4) is 0 Å². The molecule has 0 saturated carbocycles. The fourth-order valence-corrected chi connectivity index (χ4v) is 1.31. The lowest BCUT2D eigenvalue weighted by Gasteiger charge is -2.17. The zero-order valence-electron chi connectivity index (χ0n) is 10.9. The van der Waals surface area contributed by atoms with Crippen molar-refractivity contribution in [1.29, 1.82) is 0 Å². The van der Waals surface area contributed by atoms with Crippen molar-refractivity contribution in [2.75, 3.05) is 13.6 Å². The van der Waals surface area contributed by atoms with Crippen molar-refractivity contribution in [1.82, 2.24) is 14.9 Å². The highest BCUT2D eigenvalue weighted by molar-refractivity contribution is 5.93. The summed E-state index contributed by atoms with van der Waals surface area (Å²) in [7, 11) is 1.72. The number of hydrogen-bond acceptors (Lipinski definition) is 4. The Morgan fingerprint density at radius 1 is 1.28 bits per heavy atom. The number of carbonyl (C=O) groups is 2. The van der Waals surface area contributed by atoms with Crippen molar-refractivity contribution in [3.63, 3.8) is 0 Å². The van der Waals surface area contributed by atoms with Crippen molar-refractivity contribution < 1.29 is 9.59 Å². The Morgan fingerprint density at radius 3 is 2.28 bits per heavy atom. The maximum atomic E-state index is 11.9. The van der Waals surface area contributed by atoms with Gasteiger partial charge in [-0.15, -0.1) is 0 Å². The van der Waals surface area contributed by atoms with Gasteiger partial charge >= 0.3 is 0 Å². The van der Waals surface area contributed by atoms with Gasteiger partial charge in [-0.05, 0) is 12.3 Å². The summed E-state index contributed by atoms with van der Waals surface area (Å²) < 4.78 is 0. The second-order valence-corrected chi connectivity index (χ2v) is 4.56. The van der Waals surface area contributed by atoms with Gasteiger partial charge < -0.3 is 10.6 Å². The lowest BCUT2D eigenvalue weighted by Crippen LogP contribution is -2.29. The molecule has 0 atom stereocenters. The van der Waals surface area contributed by atoms with Crippen LogP contribution in [0.4, 0.5) is 0 Å². The standard InChI is InChI=1S/C12H18N4O2/c1-8(2)4-5-16(3)12(18)10-7-14-9(6-15-10)11(13)17/h6-8H,4-5H2,1-3H3,(H2,13,17). The molecule has 0 saturated heterocycles. The molecule has 0 aliphatic heterocycles. The molecule has 98 valence electrons. The second-order valence-electron chi connectivity index (χ2n) is 4.56. The Bertz CT molecular complexity index is 428. The van der Waals surface area contributed by atoms with Crippen molar-refractivity contribution in [3.05, 3.63) is 23.8 Å². The first-order chi connectivity index (χ1) is 8.41. The summed E-state index contributed by atoms with van der Waals surface area (Å²) in [6, 6.07) is 0. The Hall–Kier alpha value is -1.98. The number of aromatic nitrogens is 2. The number of hydrogen-bond donors (Lipinski definition) is 1. The highest BCUT2D eigenvalue weighted by Crippen LogP contribution is 2.04. The summed E-state index contributed by atoms with van der Waals surface area (Å²) in [6.45, 7) is 4.86. The first kappa shape index (κ1) is 14.1. The molecule has 0 aliphatic rings. The summed E-state index contributed by atoms with van der Waals surface area (Å²) in [4.78, 5) is 32.0. The van der Waals surface area contributed by atoms with Crippen LogP contribution in [0.2, 0.25) is 0 Å². The number of carbonyl (C=O) groups excluding carboxylic acids is 2. The summed E-state index contributed by atoms with van der Waals surface area (Å²) in [5, 5.41) is 0. The second kappa shape index (κ2) is 6.09. The van der Waals surface area contributed by atoms with E-state index in [1.54, 1.807) is 11.9 Å². The molecular weight excluding hydrogens is 232 g/mol. The van der Waals surface area contributed by atoms with E-state index in [2.05, 4.69) is 23.8 Å². The third-order valence-electron chi connectivity index (χ3n) is 2.51. The van der Waals surface area contributed by atoms with E-state index >= 15 is 0 Å². The van der Waals surface area contributed by atoms with E-state index in [0.29, 0.717) is 12.5 Å². The molecule has 0 aliphatic carbocycles. The lowest BCUT2D eigenvalue weighted by atomic mass is 10.1. The topological polar surface area (TPSA) is 89.2 Å². The van der Waals surface area contributed by atoms with Crippen LogP contribution in [0.15, 0.2) is 12.4 Å². The molecule has 18 heavy (non-hydrogen) atoms. The molecule has 0 radical (unpaired) electrons. The van der Waals surface area contributed by atoms with Gasteiger partial charge in [-0.25, -0.2) is 9.97 Å². The van der Waals surface area contributed by atoms with Gasteiger partial charge in [-0.3, -0.25) is 9.59 Å². The first-order valence-corrected chi connectivity index (χ1v) is 5.79. The fourth-order valence-electron chi connectivity index (χ4n) is 1.31. The third kappa shape index (κ3) is 3.80. The van der Waals surface area contributed by atoms with Crippen molar-refractivity contribution in [3.8, 4) is 0 Å². The third-order valence-corrected chi connectivity index (χ3v) is 2.51. The number of rotatable bonds is 5. The van der Waals surface area contributed by atoms with Gasteiger partial charge in [0.15, 0.2) is 0 Å². The van der Waals surface area contributed by atoms with E-state index in [9.17, 15) is 9.59 Å². The smallest absolute Gasteiger partial charge is 0.273 e. The predicted molar refractivity (Wildman–Crippen MR) is 67.0 cm³/mol. The highest BCUT2D eigenvalue weighted by Gasteiger charge is 2.14. The fraction of sp³-hybridized carbons (Fsp3) is 0.500. The quantitative estimate of drug-likeness (QED) is 0.832. The number of nitrogens with two attached hydrogens (primary N) is 1. The lowest BCUT2D eigenvalue weighted by molar-refractivity contribution is 0.0782. The Balaban J connectivity index is 2.69. The van der Waals surface area contributed by atoms with Crippen LogP contribution in [-0.2, 0) is 0 Å². The van der Waals surface area contributed by atoms with Gasteiger partial charge in [0.1, 0.15) is 11.4 Å². The minimum atomic E-state index is -0.658. The van der Waals surface area contributed by atoms with Gasteiger partial charge in [0.05, 0.1) is 12.4 Å². The minimum absolute atomic E-state index is 0.0522. The molecule has 1 aromatic heterocycles. The van der Waals surface area contributed by atoms with Crippen molar-refractivity contribution in [2.24, 2.45) is 11.7 Å². The van der Waals surface area contributed by atoms with E-state index in [1.807, 2.05) is 0 Å². The predicted octanol–water partition coefficient (Wildman–Crippen LogP) is 0.694. The number of nitrogens with zero attached hydrogens (tertiary/aromatic N) is 3. The molecule has 1 heterocycles. The van der Waals surface area contributed by atoms with Crippen molar-refractivity contribution >= 4 is 11.8 Å². The largest absolute Gasteiger partial charge is 0.364 e. The van der Waals surface area contributed by atoms with Crippen LogP contribution in [0.1, 0.15) is 41.2 Å². The van der Waals surface area contributed by atoms with Gasteiger partial charge in [0.25, 0.3) is 11.8 Å². The SMILES string of the molecule is CC(C)CCN(C)C(=O)c1cnc(C(N)=O)cn1. The van der Waals surface area contributed by atoms with E-state index in [4.69, 9.17) is 5.73 Å². The Kier molecular flexibility index (Phi) is 4.76. The van der Waals surface area contributed by atoms with Gasteiger partial charge in [-0.1, -0.05) is 13.8 Å². The van der Waals surface area contributed by atoms with Crippen LogP contribution < -0.4 is 5.73 Å². The summed E-state index contributed by atoms with van der Waals surface area (Å²) >= 11 is 0. The molecule has 2 N–H and O–H groups in total. The molecule has 2 amide bonds. The molecular formula is C12H18N4O2. The van der Waals surface area contributed by atoms with Crippen LogP contribution in [0.25, 0.3) is 0 Å². The molecule has 0 aromatic carbocycles. The van der Waals surface area contributed by atoms with E-state index in [-0.39, 0.29) is 17.3 Å². The Labute approximate surface area is 106 Å². The van der Waals surface area contributed by atoms with E-state index in [1.165, 1.54) is 12.4 Å². The van der Waals surface area contributed by atoms with Crippen LogP contribution in [0.5, 0.6) is 0 Å². The average Bonchev–Trinajstić information content (AvgIpc) is 2.35. The molecule has 6 nitrogen and oxygen atoms in total. The number of amides is 2. The summed E-state index contributed by atoms with van der Waals surface area (Å²) in [5.74, 6) is -0.336.